The molecule has 1 spiro atoms. The van der Waals surface area contributed by atoms with Gasteiger partial charge in [-0.05, 0) is 44.4 Å². The molecule has 3 rings (SSSR count). The number of carbonyl (C=O) groups is 1. The van der Waals surface area contributed by atoms with Crippen molar-refractivity contribution in [2.75, 3.05) is 13.2 Å². The summed E-state index contributed by atoms with van der Waals surface area (Å²) in [5.74, 6) is -0.122. The molecule has 21 heavy (non-hydrogen) atoms. The molecular formula is C16H21FN2O2. The van der Waals surface area contributed by atoms with Crippen LogP contribution in [-0.2, 0) is 9.53 Å². The van der Waals surface area contributed by atoms with Crippen LogP contribution in [-0.4, -0.2) is 35.6 Å². The van der Waals surface area contributed by atoms with Crippen molar-refractivity contribution in [3.63, 3.8) is 0 Å². The predicted octanol–water partition coefficient (Wildman–Crippen LogP) is 2.21. The first-order valence-electron chi connectivity index (χ1n) is 7.48. The fraction of sp³-hybridized carbons (Fsp3) is 0.562. The predicted molar refractivity (Wildman–Crippen MR) is 77.0 cm³/mol. The minimum absolute atomic E-state index is 0.143. The van der Waals surface area contributed by atoms with Gasteiger partial charge in [0.05, 0.1) is 12.7 Å². The Balaban J connectivity index is 1.76. The summed E-state index contributed by atoms with van der Waals surface area (Å²) in [6.45, 7) is 5.01. The number of benzene rings is 1. The summed E-state index contributed by atoms with van der Waals surface area (Å²) in [4.78, 5) is 14.4. The minimum atomic E-state index is -0.378. The van der Waals surface area contributed by atoms with Crippen molar-refractivity contribution in [2.45, 2.75) is 44.5 Å². The number of ether oxygens (including phenoxy) is 1. The van der Waals surface area contributed by atoms with Crippen LogP contribution in [0.1, 0.15) is 38.4 Å². The third-order valence-electron chi connectivity index (χ3n) is 4.11. The van der Waals surface area contributed by atoms with E-state index in [1.54, 1.807) is 12.1 Å². The van der Waals surface area contributed by atoms with Crippen molar-refractivity contribution in [3.05, 3.63) is 35.6 Å². The lowest BCUT2D eigenvalue weighted by atomic mass is 10.1. The monoisotopic (exact) mass is 292 g/mol. The number of rotatable bonds is 5. The Hall–Kier alpha value is -1.46. The fourth-order valence-corrected chi connectivity index (χ4v) is 2.80. The zero-order chi connectivity index (χ0) is 15.0. The van der Waals surface area contributed by atoms with Gasteiger partial charge in [-0.3, -0.25) is 10.1 Å². The summed E-state index contributed by atoms with van der Waals surface area (Å²) < 4.78 is 18.6. The summed E-state index contributed by atoms with van der Waals surface area (Å²) in [5.41, 5.74) is 0.537. The first-order chi connectivity index (χ1) is 10.0. The molecule has 1 aromatic carbocycles. The van der Waals surface area contributed by atoms with Gasteiger partial charge in [0.15, 0.2) is 0 Å². The lowest BCUT2D eigenvalue weighted by molar-refractivity contribution is -0.131. The van der Waals surface area contributed by atoms with E-state index in [1.807, 2.05) is 18.7 Å². The van der Waals surface area contributed by atoms with Crippen LogP contribution in [0.2, 0.25) is 0 Å². The number of hydrogen-bond donors (Lipinski definition) is 1. The molecule has 1 aromatic rings. The van der Waals surface area contributed by atoms with Crippen LogP contribution in [0.5, 0.6) is 0 Å². The Morgan fingerprint density at radius 1 is 1.38 bits per heavy atom. The second kappa shape index (κ2) is 5.39. The van der Waals surface area contributed by atoms with Crippen LogP contribution in [0.4, 0.5) is 4.39 Å². The second-order valence-corrected chi connectivity index (χ2v) is 6.10. The van der Waals surface area contributed by atoms with Gasteiger partial charge in [0.1, 0.15) is 17.5 Å². The van der Waals surface area contributed by atoms with Crippen molar-refractivity contribution < 1.29 is 13.9 Å². The number of nitrogens with zero attached hydrogens (tertiary/aromatic N) is 1. The molecule has 4 nitrogen and oxygen atoms in total. The van der Waals surface area contributed by atoms with Crippen molar-refractivity contribution in [1.82, 2.24) is 10.2 Å². The average Bonchev–Trinajstić information content (AvgIpc) is 3.17. The van der Waals surface area contributed by atoms with Gasteiger partial charge in [-0.2, -0.15) is 0 Å². The molecule has 1 aliphatic carbocycles. The summed E-state index contributed by atoms with van der Waals surface area (Å²) in [6, 6.07) is 6.33. The largest absolute Gasteiger partial charge is 0.377 e. The van der Waals surface area contributed by atoms with E-state index in [9.17, 15) is 9.18 Å². The maximum Gasteiger partial charge on any atom is 0.244 e. The summed E-state index contributed by atoms with van der Waals surface area (Å²) in [6.07, 6.45) is 1.72. The molecule has 0 bridgehead atoms. The number of halogens is 1. The van der Waals surface area contributed by atoms with Crippen molar-refractivity contribution in [3.8, 4) is 0 Å². The third kappa shape index (κ3) is 2.80. The quantitative estimate of drug-likeness (QED) is 0.904. The van der Waals surface area contributed by atoms with Gasteiger partial charge in [0.25, 0.3) is 0 Å². The van der Waals surface area contributed by atoms with Gasteiger partial charge in [0, 0.05) is 6.54 Å². The first kappa shape index (κ1) is 14.5. The van der Waals surface area contributed by atoms with E-state index in [2.05, 4.69) is 5.32 Å². The van der Waals surface area contributed by atoms with Crippen LogP contribution < -0.4 is 5.32 Å². The zero-order valence-corrected chi connectivity index (χ0v) is 12.4. The zero-order valence-electron chi connectivity index (χ0n) is 12.4. The molecule has 1 unspecified atom stereocenters. The maximum absolute atomic E-state index is 13.1. The fourth-order valence-electron chi connectivity index (χ4n) is 2.80. The van der Waals surface area contributed by atoms with Crippen LogP contribution in [0.25, 0.3) is 0 Å². The molecule has 0 radical (unpaired) electrons. The topological polar surface area (TPSA) is 41.6 Å². The lowest BCUT2D eigenvalue weighted by Gasteiger charge is -2.25. The third-order valence-corrected chi connectivity index (χ3v) is 4.11. The number of amides is 1. The van der Waals surface area contributed by atoms with Gasteiger partial charge in [-0.1, -0.05) is 12.1 Å². The molecule has 1 heterocycles. The van der Waals surface area contributed by atoms with Crippen molar-refractivity contribution in [2.24, 2.45) is 0 Å². The summed E-state index contributed by atoms with van der Waals surface area (Å²) in [5, 5.41) is 3.41. The molecule has 1 atom stereocenters. The Kier molecular flexibility index (Phi) is 3.71. The Morgan fingerprint density at radius 3 is 2.62 bits per heavy atom. The minimum Gasteiger partial charge on any atom is -0.377 e. The summed E-state index contributed by atoms with van der Waals surface area (Å²) >= 11 is 0. The van der Waals surface area contributed by atoms with E-state index < -0.39 is 0 Å². The standard InChI is InChI=1S/C16H21FN2O2/c1-11(2)21-10-9-19-14(12-3-5-13(17)6-4-12)18-16(7-8-16)15(19)20/h3-6,11,14,18H,7-10H2,1-2H3. The molecule has 1 saturated heterocycles. The Bertz CT molecular complexity index is 526. The lowest BCUT2D eigenvalue weighted by Crippen LogP contribution is -2.35. The number of nitrogens with one attached hydrogen (secondary N) is 1. The molecule has 2 aliphatic rings. The second-order valence-electron chi connectivity index (χ2n) is 6.10. The first-order valence-corrected chi connectivity index (χ1v) is 7.48. The smallest absolute Gasteiger partial charge is 0.244 e. The SMILES string of the molecule is CC(C)OCCN1C(=O)C2(CC2)NC1c1ccc(F)cc1. The molecule has 1 amide bonds. The molecule has 1 aliphatic heterocycles. The van der Waals surface area contributed by atoms with E-state index in [0.717, 1.165) is 18.4 Å². The van der Waals surface area contributed by atoms with E-state index in [-0.39, 0.29) is 29.5 Å². The van der Waals surface area contributed by atoms with Gasteiger partial charge in [-0.25, -0.2) is 4.39 Å². The van der Waals surface area contributed by atoms with Crippen molar-refractivity contribution in [1.29, 1.82) is 0 Å². The molecule has 1 saturated carbocycles. The molecule has 114 valence electrons. The van der Waals surface area contributed by atoms with E-state index >= 15 is 0 Å². The van der Waals surface area contributed by atoms with E-state index in [4.69, 9.17) is 4.74 Å². The average molecular weight is 292 g/mol. The molecule has 0 aromatic heterocycles. The maximum atomic E-state index is 13.1. The molecule has 5 heteroatoms. The number of carbonyl (C=O) groups excluding carboxylic acids is 1. The highest BCUT2D eigenvalue weighted by atomic mass is 19.1. The highest BCUT2D eigenvalue weighted by Gasteiger charge is 2.59. The van der Waals surface area contributed by atoms with E-state index in [1.165, 1.54) is 12.1 Å². The highest BCUT2D eigenvalue weighted by Crippen LogP contribution is 2.45. The Labute approximate surface area is 124 Å². The molecular weight excluding hydrogens is 271 g/mol. The van der Waals surface area contributed by atoms with Gasteiger partial charge < -0.3 is 9.64 Å². The normalized spacial score (nSPS) is 23.3. The summed E-state index contributed by atoms with van der Waals surface area (Å²) in [7, 11) is 0. The van der Waals surface area contributed by atoms with Gasteiger partial charge in [0.2, 0.25) is 5.91 Å². The van der Waals surface area contributed by atoms with Gasteiger partial charge >= 0.3 is 0 Å². The molecule has 2 fully saturated rings. The molecule has 1 N–H and O–H groups in total. The van der Waals surface area contributed by atoms with E-state index in [0.29, 0.717) is 13.2 Å². The van der Waals surface area contributed by atoms with Crippen LogP contribution >= 0.6 is 0 Å². The Morgan fingerprint density at radius 2 is 2.05 bits per heavy atom. The number of hydrogen-bond acceptors (Lipinski definition) is 3. The van der Waals surface area contributed by atoms with Crippen LogP contribution in [0, 0.1) is 5.82 Å². The van der Waals surface area contributed by atoms with Gasteiger partial charge in [-0.15, -0.1) is 0 Å². The van der Waals surface area contributed by atoms with Crippen molar-refractivity contribution >= 4 is 5.91 Å². The van der Waals surface area contributed by atoms with Crippen LogP contribution in [0.15, 0.2) is 24.3 Å². The van der Waals surface area contributed by atoms with Crippen LogP contribution in [0.3, 0.4) is 0 Å². The highest BCUT2D eigenvalue weighted by molar-refractivity contribution is 5.92.